The number of allylic oxidation sites excluding steroid dienone is 5. The molecular weight excluding hydrogens is 260 g/mol. The Bertz CT molecular complexity index is 609. The predicted molar refractivity (Wildman–Crippen MR) is 82.7 cm³/mol. The van der Waals surface area contributed by atoms with E-state index >= 15 is 0 Å². The monoisotopic (exact) mass is 284 g/mol. The van der Waals surface area contributed by atoms with Gasteiger partial charge in [-0.15, -0.1) is 0 Å². The SMILES string of the molecule is C[C@]12CCC3=C(CCC4C[C@@H](O)C=C[C@]34C)C1=CCC2=O. The molecule has 0 amide bonds. The molecule has 21 heavy (non-hydrogen) atoms. The lowest BCUT2D eigenvalue weighted by atomic mass is 9.54. The standard InChI is InChI=1S/C19H24O2/c1-18-9-7-13(20)11-12(18)3-4-14-15-5-6-17(21)19(15,2)10-8-16(14)18/h5,7,9,12-13,20H,3-4,6,8,10-11H2,1-2H3/t12?,13-,18-,19-/m0/s1. The second kappa shape index (κ2) is 4.19. The molecule has 0 saturated heterocycles. The molecule has 0 aromatic carbocycles. The topological polar surface area (TPSA) is 37.3 Å². The maximum absolute atomic E-state index is 12.3. The van der Waals surface area contributed by atoms with E-state index < -0.39 is 0 Å². The number of carbonyl (C=O) groups is 1. The maximum atomic E-state index is 12.3. The molecule has 2 nitrogen and oxygen atoms in total. The Hall–Kier alpha value is -1.15. The van der Waals surface area contributed by atoms with E-state index in [1.807, 2.05) is 6.08 Å². The first-order valence-electron chi connectivity index (χ1n) is 8.29. The molecule has 0 aromatic rings. The summed E-state index contributed by atoms with van der Waals surface area (Å²) in [6, 6.07) is 0. The average Bonchev–Trinajstić information content (AvgIpc) is 2.76. The van der Waals surface area contributed by atoms with Gasteiger partial charge in [0.25, 0.3) is 0 Å². The summed E-state index contributed by atoms with van der Waals surface area (Å²) in [5.74, 6) is 0.962. The minimum Gasteiger partial charge on any atom is -0.389 e. The van der Waals surface area contributed by atoms with Crippen LogP contribution in [0.15, 0.2) is 34.9 Å². The number of ketones is 1. The highest BCUT2D eigenvalue weighted by Gasteiger charge is 2.50. The van der Waals surface area contributed by atoms with Crippen molar-refractivity contribution in [2.75, 3.05) is 0 Å². The van der Waals surface area contributed by atoms with Crippen LogP contribution in [-0.2, 0) is 4.79 Å². The van der Waals surface area contributed by atoms with Crippen molar-refractivity contribution in [3.05, 3.63) is 34.9 Å². The normalized spacial score (nSPS) is 45.1. The fourth-order valence-electron chi connectivity index (χ4n) is 5.24. The number of rotatable bonds is 0. The van der Waals surface area contributed by atoms with Gasteiger partial charge in [0.05, 0.1) is 11.5 Å². The minimum absolute atomic E-state index is 0.0978. The van der Waals surface area contributed by atoms with Gasteiger partial charge in [-0.05, 0) is 56.1 Å². The van der Waals surface area contributed by atoms with Crippen molar-refractivity contribution in [1.29, 1.82) is 0 Å². The van der Waals surface area contributed by atoms with Crippen LogP contribution in [0.25, 0.3) is 0 Å². The van der Waals surface area contributed by atoms with Crippen molar-refractivity contribution in [3.8, 4) is 0 Å². The summed E-state index contributed by atoms with van der Waals surface area (Å²) < 4.78 is 0. The molecule has 0 heterocycles. The number of carbonyl (C=O) groups excluding carboxylic acids is 1. The van der Waals surface area contributed by atoms with Crippen LogP contribution in [0.5, 0.6) is 0 Å². The molecular formula is C19H24O2. The molecule has 4 aliphatic rings. The van der Waals surface area contributed by atoms with E-state index in [0.717, 1.165) is 32.1 Å². The van der Waals surface area contributed by atoms with Crippen LogP contribution >= 0.6 is 0 Å². The van der Waals surface area contributed by atoms with Gasteiger partial charge in [-0.2, -0.15) is 0 Å². The lowest BCUT2D eigenvalue weighted by Gasteiger charge is -2.50. The highest BCUT2D eigenvalue weighted by molar-refractivity contribution is 5.94. The molecule has 0 spiro atoms. The lowest BCUT2D eigenvalue weighted by Crippen LogP contribution is -2.41. The first kappa shape index (κ1) is 13.5. The maximum Gasteiger partial charge on any atom is 0.146 e. The number of aliphatic hydroxyl groups excluding tert-OH is 1. The second-order valence-electron chi connectivity index (χ2n) is 7.71. The van der Waals surface area contributed by atoms with Crippen LogP contribution in [-0.4, -0.2) is 17.0 Å². The van der Waals surface area contributed by atoms with E-state index in [1.165, 1.54) is 11.1 Å². The smallest absolute Gasteiger partial charge is 0.146 e. The summed E-state index contributed by atoms with van der Waals surface area (Å²) in [5, 5.41) is 9.93. The number of hydrogen-bond donors (Lipinski definition) is 1. The van der Waals surface area contributed by atoms with Crippen LogP contribution < -0.4 is 0 Å². The summed E-state index contributed by atoms with van der Waals surface area (Å²) in [6.07, 6.45) is 11.9. The first-order chi connectivity index (χ1) is 9.95. The molecule has 0 aromatic heterocycles. The van der Waals surface area contributed by atoms with Gasteiger partial charge in [-0.3, -0.25) is 4.79 Å². The van der Waals surface area contributed by atoms with Crippen LogP contribution in [0, 0.1) is 16.7 Å². The average molecular weight is 284 g/mol. The van der Waals surface area contributed by atoms with Gasteiger partial charge in [0.2, 0.25) is 0 Å². The summed E-state index contributed by atoms with van der Waals surface area (Å²) in [6.45, 7) is 4.49. The molecule has 0 radical (unpaired) electrons. The molecule has 0 bridgehead atoms. The van der Waals surface area contributed by atoms with Crippen LogP contribution in [0.3, 0.4) is 0 Å². The van der Waals surface area contributed by atoms with Gasteiger partial charge in [-0.25, -0.2) is 0 Å². The first-order valence-corrected chi connectivity index (χ1v) is 8.29. The van der Waals surface area contributed by atoms with Crippen molar-refractivity contribution in [2.24, 2.45) is 16.7 Å². The van der Waals surface area contributed by atoms with Crippen LogP contribution in [0.2, 0.25) is 0 Å². The van der Waals surface area contributed by atoms with Gasteiger partial charge in [0.15, 0.2) is 0 Å². The van der Waals surface area contributed by atoms with Crippen molar-refractivity contribution < 1.29 is 9.90 Å². The largest absolute Gasteiger partial charge is 0.389 e. The van der Waals surface area contributed by atoms with E-state index in [1.54, 1.807) is 5.57 Å². The van der Waals surface area contributed by atoms with Gasteiger partial charge < -0.3 is 5.11 Å². The van der Waals surface area contributed by atoms with E-state index in [-0.39, 0.29) is 16.9 Å². The number of fused-ring (bicyclic) bond motifs is 4. The highest BCUT2D eigenvalue weighted by Crippen LogP contribution is 2.59. The Balaban J connectivity index is 1.83. The predicted octanol–water partition coefficient (Wildman–Crippen LogP) is 3.72. The molecule has 1 N–H and O–H groups in total. The molecule has 4 rings (SSSR count). The Morgan fingerprint density at radius 1 is 1.29 bits per heavy atom. The molecule has 4 aliphatic carbocycles. The van der Waals surface area contributed by atoms with Crippen molar-refractivity contribution in [1.82, 2.24) is 0 Å². The second-order valence-corrected chi connectivity index (χ2v) is 7.71. The summed E-state index contributed by atoms with van der Waals surface area (Å²) in [7, 11) is 0. The molecule has 0 saturated carbocycles. The van der Waals surface area contributed by atoms with Crippen LogP contribution in [0.1, 0.15) is 52.4 Å². The fourth-order valence-corrected chi connectivity index (χ4v) is 5.24. The molecule has 4 atom stereocenters. The minimum atomic E-state index is -0.272. The number of Topliss-reactive ketones (excluding diaryl/α,β-unsaturated/α-hetero) is 1. The molecule has 1 unspecified atom stereocenters. The molecule has 112 valence electrons. The van der Waals surface area contributed by atoms with Crippen molar-refractivity contribution in [2.45, 2.75) is 58.5 Å². The van der Waals surface area contributed by atoms with Gasteiger partial charge in [0, 0.05) is 11.8 Å². The third-order valence-corrected chi connectivity index (χ3v) is 6.70. The Morgan fingerprint density at radius 2 is 2.10 bits per heavy atom. The summed E-state index contributed by atoms with van der Waals surface area (Å²) in [4.78, 5) is 12.3. The van der Waals surface area contributed by atoms with E-state index in [2.05, 4.69) is 26.0 Å². The van der Waals surface area contributed by atoms with E-state index in [0.29, 0.717) is 18.1 Å². The zero-order valence-corrected chi connectivity index (χ0v) is 13.0. The Labute approximate surface area is 126 Å². The molecule has 2 heteroatoms. The summed E-state index contributed by atoms with van der Waals surface area (Å²) >= 11 is 0. The van der Waals surface area contributed by atoms with Crippen LogP contribution in [0.4, 0.5) is 0 Å². The number of hydrogen-bond acceptors (Lipinski definition) is 2. The third-order valence-electron chi connectivity index (χ3n) is 6.70. The van der Waals surface area contributed by atoms with Crippen molar-refractivity contribution >= 4 is 5.78 Å². The van der Waals surface area contributed by atoms with Gasteiger partial charge in [0.1, 0.15) is 5.78 Å². The van der Waals surface area contributed by atoms with Crippen molar-refractivity contribution in [3.63, 3.8) is 0 Å². The van der Waals surface area contributed by atoms with E-state index in [4.69, 9.17) is 0 Å². The Kier molecular flexibility index (Phi) is 2.70. The molecule has 0 fully saturated rings. The number of aliphatic hydroxyl groups is 1. The van der Waals surface area contributed by atoms with Gasteiger partial charge >= 0.3 is 0 Å². The fraction of sp³-hybridized carbons (Fsp3) is 0.632. The van der Waals surface area contributed by atoms with Gasteiger partial charge in [-0.1, -0.05) is 30.7 Å². The Morgan fingerprint density at radius 3 is 2.90 bits per heavy atom. The third kappa shape index (κ3) is 1.66. The summed E-state index contributed by atoms with van der Waals surface area (Å²) in [5.41, 5.74) is 4.27. The van der Waals surface area contributed by atoms with E-state index in [9.17, 15) is 9.90 Å². The zero-order chi connectivity index (χ0) is 14.8. The highest BCUT2D eigenvalue weighted by atomic mass is 16.3. The zero-order valence-electron chi connectivity index (χ0n) is 13.0. The quantitative estimate of drug-likeness (QED) is 0.688. The lowest BCUT2D eigenvalue weighted by molar-refractivity contribution is -0.124. The molecule has 0 aliphatic heterocycles.